The van der Waals surface area contributed by atoms with Crippen molar-refractivity contribution in [3.8, 4) is 0 Å². The molecule has 0 aromatic heterocycles. The number of hydrogen-bond acceptors (Lipinski definition) is 2. The lowest BCUT2D eigenvalue weighted by Gasteiger charge is -2.14. The number of nitrogens with zero attached hydrogens (tertiary/aromatic N) is 1. The number of halogens is 2. The minimum atomic E-state index is 0.0142. The predicted octanol–water partition coefficient (Wildman–Crippen LogP) is 3.13. The number of likely N-dealkylation sites (tertiary alicyclic amines) is 1. The summed E-state index contributed by atoms with van der Waals surface area (Å²) in [7, 11) is 0. The average molecular weight is 437 g/mol. The lowest BCUT2D eigenvalue weighted by molar-refractivity contribution is 0.0946. The van der Waals surface area contributed by atoms with E-state index in [0.717, 1.165) is 39.8 Å². The third-order valence-corrected chi connectivity index (χ3v) is 4.90. The zero-order valence-electron chi connectivity index (χ0n) is 11.0. The predicted molar refractivity (Wildman–Crippen MR) is 89.4 cm³/mol. The van der Waals surface area contributed by atoms with Crippen LogP contribution in [0.4, 0.5) is 0 Å². The van der Waals surface area contributed by atoms with E-state index < -0.39 is 0 Å². The Morgan fingerprint density at radius 2 is 2.37 bits per heavy atom. The normalized spacial score (nSPS) is 19.6. The van der Waals surface area contributed by atoms with Gasteiger partial charge in [-0.3, -0.25) is 4.79 Å². The first-order chi connectivity index (χ1) is 9.10. The van der Waals surface area contributed by atoms with Crippen LogP contribution in [0.1, 0.15) is 23.7 Å². The Labute approximate surface area is 136 Å². The van der Waals surface area contributed by atoms with Gasteiger partial charge in [0, 0.05) is 21.1 Å². The molecule has 1 saturated heterocycles. The second kappa shape index (κ2) is 7.04. The molecule has 1 fully saturated rings. The van der Waals surface area contributed by atoms with Crippen molar-refractivity contribution in [2.75, 3.05) is 26.2 Å². The summed E-state index contributed by atoms with van der Waals surface area (Å²) in [5, 5.41) is 3.05. The van der Waals surface area contributed by atoms with Crippen molar-refractivity contribution in [3.05, 3.63) is 31.8 Å². The molecular formula is C14H18BrIN2O. The molecule has 1 atom stereocenters. The van der Waals surface area contributed by atoms with Crippen molar-refractivity contribution in [2.24, 2.45) is 5.92 Å². The molecule has 1 unspecified atom stereocenters. The van der Waals surface area contributed by atoms with E-state index in [0.29, 0.717) is 5.92 Å². The van der Waals surface area contributed by atoms with E-state index in [4.69, 9.17) is 0 Å². The second-order valence-corrected chi connectivity index (χ2v) is 6.98. The first-order valence-corrected chi connectivity index (χ1v) is 8.43. The van der Waals surface area contributed by atoms with Crippen molar-refractivity contribution in [2.45, 2.75) is 13.3 Å². The molecular weight excluding hydrogens is 419 g/mol. The van der Waals surface area contributed by atoms with Gasteiger partial charge in [0.05, 0.1) is 5.56 Å². The van der Waals surface area contributed by atoms with Crippen LogP contribution in [-0.4, -0.2) is 37.0 Å². The molecule has 1 aliphatic rings. The summed E-state index contributed by atoms with van der Waals surface area (Å²) in [5.41, 5.74) is 0.720. The van der Waals surface area contributed by atoms with Crippen LogP contribution < -0.4 is 5.32 Å². The van der Waals surface area contributed by atoms with Crippen LogP contribution in [0.25, 0.3) is 0 Å². The maximum Gasteiger partial charge on any atom is 0.252 e. The maximum absolute atomic E-state index is 12.2. The standard InChI is InChI=1S/C14H18BrIN2O/c1-2-18-6-5-10(9-18)8-17-14(19)12-7-11(16)3-4-13(12)15/h3-4,7,10H,2,5-6,8-9H2,1H3,(H,17,19). The van der Waals surface area contributed by atoms with Crippen molar-refractivity contribution >= 4 is 44.4 Å². The average Bonchev–Trinajstić information content (AvgIpc) is 2.87. The summed E-state index contributed by atoms with van der Waals surface area (Å²) >= 11 is 5.66. The summed E-state index contributed by atoms with van der Waals surface area (Å²) in [5.74, 6) is 0.603. The highest BCUT2D eigenvalue weighted by atomic mass is 127. The fourth-order valence-electron chi connectivity index (χ4n) is 2.37. The van der Waals surface area contributed by atoms with E-state index in [1.807, 2.05) is 18.2 Å². The van der Waals surface area contributed by atoms with E-state index in [-0.39, 0.29) is 5.91 Å². The zero-order valence-corrected chi connectivity index (χ0v) is 14.7. The van der Waals surface area contributed by atoms with Crippen molar-refractivity contribution in [1.29, 1.82) is 0 Å². The van der Waals surface area contributed by atoms with Gasteiger partial charge in [-0.1, -0.05) is 6.92 Å². The smallest absolute Gasteiger partial charge is 0.252 e. The molecule has 1 heterocycles. The lowest BCUT2D eigenvalue weighted by atomic mass is 10.1. The first kappa shape index (κ1) is 15.3. The molecule has 1 amide bonds. The Balaban J connectivity index is 1.89. The molecule has 0 bridgehead atoms. The van der Waals surface area contributed by atoms with Crippen LogP contribution in [0.2, 0.25) is 0 Å². The molecule has 3 nitrogen and oxygen atoms in total. The zero-order chi connectivity index (χ0) is 13.8. The van der Waals surface area contributed by atoms with Gasteiger partial charge in [0.15, 0.2) is 0 Å². The SMILES string of the molecule is CCN1CCC(CNC(=O)c2cc(I)ccc2Br)C1. The Morgan fingerprint density at radius 3 is 3.05 bits per heavy atom. The Morgan fingerprint density at radius 1 is 1.58 bits per heavy atom. The van der Waals surface area contributed by atoms with Crippen LogP contribution in [0, 0.1) is 9.49 Å². The number of rotatable bonds is 4. The molecule has 104 valence electrons. The van der Waals surface area contributed by atoms with Gasteiger partial charge in [-0.2, -0.15) is 0 Å². The number of nitrogens with one attached hydrogen (secondary N) is 1. The minimum absolute atomic E-state index is 0.0142. The van der Waals surface area contributed by atoms with Crippen LogP contribution in [-0.2, 0) is 0 Å². The highest BCUT2D eigenvalue weighted by molar-refractivity contribution is 14.1. The van der Waals surface area contributed by atoms with Gasteiger partial charge in [0.1, 0.15) is 0 Å². The molecule has 0 saturated carbocycles. The second-order valence-electron chi connectivity index (χ2n) is 4.88. The van der Waals surface area contributed by atoms with Crippen molar-refractivity contribution in [3.63, 3.8) is 0 Å². The summed E-state index contributed by atoms with van der Waals surface area (Å²) in [6.45, 7) is 6.32. The molecule has 1 aliphatic heterocycles. The number of carbonyl (C=O) groups is 1. The monoisotopic (exact) mass is 436 g/mol. The lowest BCUT2D eigenvalue weighted by Crippen LogP contribution is -2.31. The highest BCUT2D eigenvalue weighted by Crippen LogP contribution is 2.20. The fraction of sp³-hybridized carbons (Fsp3) is 0.500. The Kier molecular flexibility index (Phi) is 5.65. The first-order valence-electron chi connectivity index (χ1n) is 6.55. The maximum atomic E-state index is 12.2. The highest BCUT2D eigenvalue weighted by Gasteiger charge is 2.21. The number of benzene rings is 1. The van der Waals surface area contributed by atoms with E-state index >= 15 is 0 Å². The molecule has 0 radical (unpaired) electrons. The van der Waals surface area contributed by atoms with Crippen LogP contribution in [0.15, 0.2) is 22.7 Å². The van der Waals surface area contributed by atoms with Gasteiger partial charge in [-0.15, -0.1) is 0 Å². The molecule has 0 aliphatic carbocycles. The summed E-state index contributed by atoms with van der Waals surface area (Å²) in [6.07, 6.45) is 1.18. The van der Waals surface area contributed by atoms with E-state index in [1.165, 1.54) is 6.42 Å². The number of amides is 1. The fourth-order valence-corrected chi connectivity index (χ4v) is 3.29. The largest absolute Gasteiger partial charge is 0.352 e. The van der Waals surface area contributed by atoms with Gasteiger partial charge in [-0.25, -0.2) is 0 Å². The summed E-state index contributed by atoms with van der Waals surface area (Å²) in [6, 6.07) is 5.82. The van der Waals surface area contributed by atoms with Crippen molar-refractivity contribution < 1.29 is 4.79 Å². The van der Waals surface area contributed by atoms with E-state index in [2.05, 4.69) is 55.7 Å². The summed E-state index contributed by atoms with van der Waals surface area (Å²) in [4.78, 5) is 14.6. The molecule has 1 N–H and O–H groups in total. The number of carbonyl (C=O) groups excluding carboxylic acids is 1. The molecule has 5 heteroatoms. The molecule has 1 aromatic rings. The van der Waals surface area contributed by atoms with Gasteiger partial charge in [-0.05, 0) is 82.1 Å². The summed E-state index contributed by atoms with van der Waals surface area (Å²) < 4.78 is 1.93. The van der Waals surface area contributed by atoms with Gasteiger partial charge < -0.3 is 10.2 Å². The topological polar surface area (TPSA) is 32.3 Å². The molecule has 1 aromatic carbocycles. The van der Waals surface area contributed by atoms with E-state index in [1.54, 1.807) is 0 Å². The molecule has 19 heavy (non-hydrogen) atoms. The van der Waals surface area contributed by atoms with E-state index in [9.17, 15) is 4.79 Å². The Bertz CT molecular complexity index is 467. The molecule has 2 rings (SSSR count). The van der Waals surface area contributed by atoms with Crippen LogP contribution in [0.5, 0.6) is 0 Å². The Hall–Kier alpha value is -0.140. The quantitative estimate of drug-likeness (QED) is 0.735. The van der Waals surface area contributed by atoms with Crippen molar-refractivity contribution in [1.82, 2.24) is 10.2 Å². The number of hydrogen-bond donors (Lipinski definition) is 1. The van der Waals surface area contributed by atoms with Crippen LogP contribution >= 0.6 is 38.5 Å². The van der Waals surface area contributed by atoms with Gasteiger partial charge in [0.25, 0.3) is 5.91 Å². The molecule has 0 spiro atoms. The third kappa shape index (κ3) is 4.16. The van der Waals surface area contributed by atoms with Crippen LogP contribution in [0.3, 0.4) is 0 Å². The van der Waals surface area contributed by atoms with Gasteiger partial charge >= 0.3 is 0 Å². The minimum Gasteiger partial charge on any atom is -0.352 e. The third-order valence-electron chi connectivity index (χ3n) is 3.54. The van der Waals surface area contributed by atoms with Gasteiger partial charge in [0.2, 0.25) is 0 Å².